The molecule has 2 fully saturated rings. The van der Waals surface area contributed by atoms with Gasteiger partial charge in [0.1, 0.15) is 0 Å². The molecule has 0 radical (unpaired) electrons. The van der Waals surface area contributed by atoms with E-state index in [1.54, 1.807) is 0 Å². The molecule has 0 unspecified atom stereocenters. The zero-order chi connectivity index (χ0) is 18.7. The molecule has 2 saturated heterocycles. The van der Waals surface area contributed by atoms with Crippen molar-refractivity contribution in [3.05, 3.63) is 11.4 Å². The van der Waals surface area contributed by atoms with Crippen molar-refractivity contribution in [2.75, 3.05) is 45.8 Å². The molecule has 1 aromatic rings. The monoisotopic (exact) mass is 362 g/mol. The van der Waals surface area contributed by atoms with Crippen molar-refractivity contribution >= 4 is 5.91 Å². The van der Waals surface area contributed by atoms with Crippen LogP contribution in [0.3, 0.4) is 0 Å². The highest BCUT2D eigenvalue weighted by Gasteiger charge is 2.28. The summed E-state index contributed by atoms with van der Waals surface area (Å²) >= 11 is 0. The molecule has 1 amide bonds. The average molecular weight is 363 g/mol. The Balaban J connectivity index is 1.56. The number of hydrogen-bond donors (Lipinski definition) is 1. The number of nitrogens with one attached hydrogen (secondary N) is 1. The van der Waals surface area contributed by atoms with Crippen LogP contribution in [-0.2, 0) is 0 Å². The SMILES string of the molecule is Cc1c(C(=O)N2CCN(CCC(C)(C)C)CC2)nnn1C1CCNCC1. The minimum atomic E-state index is 0.0400. The minimum Gasteiger partial charge on any atom is -0.335 e. The Morgan fingerprint density at radius 1 is 1.15 bits per heavy atom. The highest BCUT2D eigenvalue weighted by Crippen LogP contribution is 2.22. The van der Waals surface area contributed by atoms with Gasteiger partial charge in [0.2, 0.25) is 0 Å². The molecule has 2 aliphatic heterocycles. The molecule has 146 valence electrons. The summed E-state index contributed by atoms with van der Waals surface area (Å²) in [4.78, 5) is 17.3. The lowest BCUT2D eigenvalue weighted by Gasteiger charge is -2.35. The second kappa shape index (κ2) is 8.05. The van der Waals surface area contributed by atoms with E-state index in [9.17, 15) is 4.79 Å². The van der Waals surface area contributed by atoms with Gasteiger partial charge in [0.15, 0.2) is 5.69 Å². The summed E-state index contributed by atoms with van der Waals surface area (Å²) in [6, 6.07) is 0.361. The van der Waals surface area contributed by atoms with E-state index in [0.29, 0.717) is 17.2 Å². The third kappa shape index (κ3) is 4.62. The number of rotatable bonds is 4. The minimum absolute atomic E-state index is 0.0400. The van der Waals surface area contributed by atoms with Gasteiger partial charge in [-0.05, 0) is 51.2 Å². The molecule has 0 aromatic carbocycles. The van der Waals surface area contributed by atoms with Crippen molar-refractivity contribution in [3.63, 3.8) is 0 Å². The Labute approximate surface area is 157 Å². The van der Waals surface area contributed by atoms with Crippen LogP contribution >= 0.6 is 0 Å². The first-order valence-corrected chi connectivity index (χ1v) is 9.99. The molecule has 1 N–H and O–H groups in total. The van der Waals surface area contributed by atoms with Crippen LogP contribution in [0.4, 0.5) is 0 Å². The highest BCUT2D eigenvalue weighted by atomic mass is 16.2. The van der Waals surface area contributed by atoms with E-state index in [0.717, 1.165) is 64.3 Å². The number of carbonyl (C=O) groups is 1. The molecule has 1 aromatic heterocycles. The van der Waals surface area contributed by atoms with Crippen LogP contribution in [0.1, 0.15) is 62.3 Å². The van der Waals surface area contributed by atoms with Gasteiger partial charge in [-0.25, -0.2) is 4.68 Å². The van der Waals surface area contributed by atoms with Gasteiger partial charge in [0.25, 0.3) is 5.91 Å². The van der Waals surface area contributed by atoms with Crippen LogP contribution in [0.5, 0.6) is 0 Å². The molecule has 3 rings (SSSR count). The normalized spacial score (nSPS) is 20.5. The van der Waals surface area contributed by atoms with Crippen LogP contribution < -0.4 is 5.32 Å². The van der Waals surface area contributed by atoms with Gasteiger partial charge < -0.3 is 10.2 Å². The van der Waals surface area contributed by atoms with E-state index < -0.39 is 0 Å². The van der Waals surface area contributed by atoms with E-state index in [-0.39, 0.29) is 5.91 Å². The lowest BCUT2D eigenvalue weighted by molar-refractivity contribution is 0.0617. The van der Waals surface area contributed by atoms with Gasteiger partial charge in [-0.3, -0.25) is 9.69 Å². The standard InChI is InChI=1S/C19H34N6O/c1-15-17(21-22-25(15)16-5-8-20-9-6-16)18(26)24-13-11-23(12-14-24)10-7-19(2,3)4/h16,20H,5-14H2,1-4H3. The summed E-state index contributed by atoms with van der Waals surface area (Å²) in [5.74, 6) is 0.0400. The van der Waals surface area contributed by atoms with Crippen LogP contribution in [0.2, 0.25) is 0 Å². The number of amides is 1. The maximum Gasteiger partial charge on any atom is 0.276 e. The molecular weight excluding hydrogens is 328 g/mol. The summed E-state index contributed by atoms with van der Waals surface area (Å²) in [5.41, 5.74) is 1.81. The second-order valence-electron chi connectivity index (χ2n) is 8.89. The Hall–Kier alpha value is -1.47. The molecule has 0 spiro atoms. The Morgan fingerprint density at radius 3 is 2.42 bits per heavy atom. The van der Waals surface area contributed by atoms with Crippen molar-refractivity contribution in [1.82, 2.24) is 30.1 Å². The van der Waals surface area contributed by atoms with Gasteiger partial charge in [-0.15, -0.1) is 5.10 Å². The topological polar surface area (TPSA) is 66.3 Å². The van der Waals surface area contributed by atoms with Crippen LogP contribution in [0.25, 0.3) is 0 Å². The zero-order valence-electron chi connectivity index (χ0n) is 16.8. The highest BCUT2D eigenvalue weighted by molar-refractivity contribution is 5.93. The quantitative estimate of drug-likeness (QED) is 0.883. The van der Waals surface area contributed by atoms with Gasteiger partial charge in [0, 0.05) is 26.2 Å². The lowest BCUT2D eigenvalue weighted by Crippen LogP contribution is -2.49. The fourth-order valence-corrected chi connectivity index (χ4v) is 3.75. The van der Waals surface area contributed by atoms with Gasteiger partial charge >= 0.3 is 0 Å². The lowest BCUT2D eigenvalue weighted by atomic mass is 9.92. The van der Waals surface area contributed by atoms with Gasteiger partial charge in [-0.1, -0.05) is 26.0 Å². The van der Waals surface area contributed by atoms with E-state index in [4.69, 9.17) is 0 Å². The number of piperidine rings is 1. The van der Waals surface area contributed by atoms with E-state index in [1.807, 2.05) is 16.5 Å². The summed E-state index contributed by atoms with van der Waals surface area (Å²) in [6.45, 7) is 15.4. The first-order chi connectivity index (χ1) is 12.3. The van der Waals surface area contributed by atoms with Crippen LogP contribution in [0.15, 0.2) is 0 Å². The molecule has 3 heterocycles. The maximum absolute atomic E-state index is 12.9. The zero-order valence-corrected chi connectivity index (χ0v) is 16.8. The van der Waals surface area contributed by atoms with Crippen molar-refractivity contribution in [1.29, 1.82) is 0 Å². The van der Waals surface area contributed by atoms with E-state index in [2.05, 4.69) is 41.3 Å². The van der Waals surface area contributed by atoms with E-state index in [1.165, 1.54) is 6.42 Å². The Bertz CT molecular complexity index is 606. The fourth-order valence-electron chi connectivity index (χ4n) is 3.75. The smallest absolute Gasteiger partial charge is 0.276 e. The number of nitrogens with zero attached hydrogens (tertiary/aromatic N) is 5. The number of carbonyl (C=O) groups excluding carboxylic acids is 1. The molecule has 26 heavy (non-hydrogen) atoms. The van der Waals surface area contributed by atoms with Crippen molar-refractivity contribution in [2.24, 2.45) is 5.41 Å². The number of hydrogen-bond acceptors (Lipinski definition) is 5. The second-order valence-corrected chi connectivity index (χ2v) is 8.89. The molecule has 2 aliphatic rings. The molecule has 7 nitrogen and oxygen atoms in total. The van der Waals surface area contributed by atoms with Crippen molar-refractivity contribution in [3.8, 4) is 0 Å². The van der Waals surface area contributed by atoms with Crippen molar-refractivity contribution < 1.29 is 4.79 Å². The number of piperazine rings is 1. The molecule has 7 heteroatoms. The molecule has 0 atom stereocenters. The third-order valence-electron chi connectivity index (χ3n) is 5.62. The largest absolute Gasteiger partial charge is 0.335 e. The van der Waals surface area contributed by atoms with Crippen LogP contribution in [-0.4, -0.2) is 76.5 Å². The number of aromatic nitrogens is 3. The first-order valence-electron chi connectivity index (χ1n) is 9.99. The Kier molecular flexibility index (Phi) is 5.97. The summed E-state index contributed by atoms with van der Waals surface area (Å²) in [7, 11) is 0. The summed E-state index contributed by atoms with van der Waals surface area (Å²) < 4.78 is 1.97. The predicted molar refractivity (Wildman–Crippen MR) is 102 cm³/mol. The third-order valence-corrected chi connectivity index (χ3v) is 5.62. The predicted octanol–water partition coefficient (Wildman–Crippen LogP) is 1.71. The van der Waals surface area contributed by atoms with Gasteiger partial charge in [0.05, 0.1) is 11.7 Å². The summed E-state index contributed by atoms with van der Waals surface area (Å²) in [6.07, 6.45) is 3.28. The van der Waals surface area contributed by atoms with E-state index >= 15 is 0 Å². The molecular formula is C19H34N6O. The first kappa shape index (κ1) is 19.3. The van der Waals surface area contributed by atoms with Gasteiger partial charge in [-0.2, -0.15) is 0 Å². The maximum atomic E-state index is 12.9. The molecule has 0 saturated carbocycles. The summed E-state index contributed by atoms with van der Waals surface area (Å²) in [5, 5.41) is 11.9. The van der Waals surface area contributed by atoms with Crippen molar-refractivity contribution in [2.45, 2.75) is 53.0 Å². The Morgan fingerprint density at radius 2 is 1.81 bits per heavy atom. The van der Waals surface area contributed by atoms with Crippen LogP contribution in [0, 0.1) is 12.3 Å². The fraction of sp³-hybridized carbons (Fsp3) is 0.842. The molecule has 0 aliphatic carbocycles. The molecule has 0 bridgehead atoms. The average Bonchev–Trinajstić information content (AvgIpc) is 3.01.